The number of carbonyl (C=O) groups is 1. The number of hydrogen-bond acceptors (Lipinski definition) is 4. The van der Waals surface area contributed by atoms with E-state index in [1.165, 1.54) is 28.1 Å². The van der Waals surface area contributed by atoms with Crippen LogP contribution in [-0.2, 0) is 23.0 Å². The van der Waals surface area contributed by atoms with E-state index in [4.69, 9.17) is 16.3 Å². The topological polar surface area (TPSA) is 66.9 Å². The van der Waals surface area contributed by atoms with E-state index < -0.39 is 10.0 Å². The van der Waals surface area contributed by atoms with Gasteiger partial charge >= 0.3 is 0 Å². The minimum atomic E-state index is -3.67. The zero-order valence-electron chi connectivity index (χ0n) is 16.8. The summed E-state index contributed by atoms with van der Waals surface area (Å²) in [5.74, 6) is 0.462. The lowest BCUT2D eigenvalue weighted by Crippen LogP contribution is -2.36. The van der Waals surface area contributed by atoms with Gasteiger partial charge in [-0.05, 0) is 47.9 Å². The van der Waals surface area contributed by atoms with Crippen LogP contribution >= 0.6 is 11.6 Å². The van der Waals surface area contributed by atoms with Crippen molar-refractivity contribution < 1.29 is 17.9 Å². The van der Waals surface area contributed by atoms with E-state index in [0.29, 0.717) is 26.2 Å². The van der Waals surface area contributed by atoms with Crippen LogP contribution in [0.3, 0.4) is 0 Å². The summed E-state index contributed by atoms with van der Waals surface area (Å²) in [5, 5.41) is 0.241. The Labute approximate surface area is 177 Å². The second kappa shape index (κ2) is 8.73. The number of sulfonamides is 1. The number of rotatable bonds is 6. The summed E-state index contributed by atoms with van der Waals surface area (Å²) in [7, 11) is -2.07. The summed E-state index contributed by atoms with van der Waals surface area (Å²) < 4.78 is 32.3. The Hall–Kier alpha value is -2.09. The van der Waals surface area contributed by atoms with Gasteiger partial charge in [0.15, 0.2) is 0 Å². The maximum atomic E-state index is 13.2. The first-order valence-corrected chi connectivity index (χ1v) is 11.4. The van der Waals surface area contributed by atoms with E-state index in [-0.39, 0.29) is 21.4 Å². The standard InChI is InChI=1S/C21H25ClN2O4S/c1-4-24(5-2)29(26,27)18-8-9-20(22)19(13-18)21(25)23-11-10-15-6-7-17(28-3)12-16(15)14-23/h6-9,12-13H,4-5,10-11,14H2,1-3H3. The van der Waals surface area contributed by atoms with Crippen molar-refractivity contribution in [3.8, 4) is 5.75 Å². The molecule has 1 aliphatic rings. The van der Waals surface area contributed by atoms with E-state index in [1.54, 1.807) is 25.9 Å². The predicted molar refractivity (Wildman–Crippen MR) is 113 cm³/mol. The number of hydrogen-bond donors (Lipinski definition) is 0. The Morgan fingerprint density at radius 2 is 1.86 bits per heavy atom. The van der Waals surface area contributed by atoms with Crippen LogP contribution in [-0.4, -0.2) is 50.3 Å². The maximum Gasteiger partial charge on any atom is 0.255 e. The van der Waals surface area contributed by atoms with Gasteiger partial charge in [-0.25, -0.2) is 8.42 Å². The lowest BCUT2D eigenvalue weighted by Gasteiger charge is -2.29. The SMILES string of the molecule is CCN(CC)S(=O)(=O)c1ccc(Cl)c(C(=O)N2CCc3ccc(OC)cc3C2)c1. The molecule has 0 unspecified atom stereocenters. The van der Waals surface area contributed by atoms with Crippen LogP contribution < -0.4 is 4.74 Å². The minimum absolute atomic E-state index is 0.0769. The number of fused-ring (bicyclic) bond motifs is 1. The zero-order chi connectivity index (χ0) is 21.2. The molecule has 29 heavy (non-hydrogen) atoms. The fourth-order valence-electron chi connectivity index (χ4n) is 3.55. The Bertz CT molecular complexity index is 1020. The van der Waals surface area contributed by atoms with Gasteiger partial charge < -0.3 is 9.64 Å². The van der Waals surface area contributed by atoms with Crippen LogP contribution in [0.15, 0.2) is 41.3 Å². The minimum Gasteiger partial charge on any atom is -0.497 e. The Kier molecular flexibility index (Phi) is 6.51. The predicted octanol–water partition coefficient (Wildman–Crippen LogP) is 3.58. The Balaban J connectivity index is 1.92. The van der Waals surface area contributed by atoms with Crippen LogP contribution in [0.1, 0.15) is 35.3 Å². The quantitative estimate of drug-likeness (QED) is 0.694. The number of amides is 1. The molecule has 156 valence electrons. The number of methoxy groups -OCH3 is 1. The van der Waals surface area contributed by atoms with E-state index in [2.05, 4.69) is 0 Å². The first-order chi connectivity index (χ1) is 13.8. The largest absolute Gasteiger partial charge is 0.497 e. The third-order valence-electron chi connectivity index (χ3n) is 5.22. The molecule has 6 nitrogen and oxygen atoms in total. The van der Waals surface area contributed by atoms with Gasteiger partial charge in [0, 0.05) is 26.2 Å². The van der Waals surface area contributed by atoms with Gasteiger partial charge in [0.1, 0.15) is 5.75 Å². The maximum absolute atomic E-state index is 13.2. The average Bonchev–Trinajstić information content (AvgIpc) is 2.73. The van der Waals surface area contributed by atoms with Gasteiger partial charge in [-0.1, -0.05) is 31.5 Å². The van der Waals surface area contributed by atoms with Crippen LogP contribution in [0.25, 0.3) is 0 Å². The lowest BCUT2D eigenvalue weighted by molar-refractivity contribution is 0.0734. The second-order valence-electron chi connectivity index (χ2n) is 6.84. The molecule has 2 aromatic rings. The third kappa shape index (κ3) is 4.27. The van der Waals surface area contributed by atoms with E-state index in [1.807, 2.05) is 18.2 Å². The third-order valence-corrected chi connectivity index (χ3v) is 7.60. The molecule has 1 amide bonds. The van der Waals surface area contributed by atoms with Crippen molar-refractivity contribution >= 4 is 27.5 Å². The highest BCUT2D eigenvalue weighted by molar-refractivity contribution is 7.89. The lowest BCUT2D eigenvalue weighted by atomic mass is 9.99. The molecule has 0 saturated carbocycles. The molecule has 0 atom stereocenters. The van der Waals surface area contributed by atoms with Gasteiger partial charge in [0.2, 0.25) is 10.0 Å². The second-order valence-corrected chi connectivity index (χ2v) is 9.19. The summed E-state index contributed by atoms with van der Waals surface area (Å²) in [6.45, 7) is 5.24. The molecule has 0 bridgehead atoms. The smallest absolute Gasteiger partial charge is 0.255 e. The molecule has 0 spiro atoms. The average molecular weight is 437 g/mol. The monoisotopic (exact) mass is 436 g/mol. The molecular formula is C21H25ClN2O4S. The van der Waals surface area contributed by atoms with Gasteiger partial charge in [0.25, 0.3) is 5.91 Å². The summed E-state index contributed by atoms with van der Waals surface area (Å²) in [6, 6.07) is 10.2. The highest BCUT2D eigenvalue weighted by Gasteiger charge is 2.27. The molecule has 2 aromatic carbocycles. The Morgan fingerprint density at radius 1 is 1.14 bits per heavy atom. The number of ether oxygens (including phenoxy) is 1. The van der Waals surface area contributed by atoms with Crippen molar-refractivity contribution in [2.45, 2.75) is 31.7 Å². The fourth-order valence-corrected chi connectivity index (χ4v) is 5.23. The molecule has 0 aromatic heterocycles. The van der Waals surface area contributed by atoms with Crippen molar-refractivity contribution in [3.05, 3.63) is 58.1 Å². The molecular weight excluding hydrogens is 412 g/mol. The molecule has 0 aliphatic carbocycles. The summed E-state index contributed by atoms with van der Waals surface area (Å²) in [5.41, 5.74) is 2.40. The van der Waals surface area contributed by atoms with Crippen molar-refractivity contribution in [1.29, 1.82) is 0 Å². The summed E-state index contributed by atoms with van der Waals surface area (Å²) in [6.07, 6.45) is 0.722. The van der Waals surface area contributed by atoms with Crippen LogP contribution in [0.4, 0.5) is 0 Å². The highest BCUT2D eigenvalue weighted by Crippen LogP contribution is 2.28. The van der Waals surface area contributed by atoms with Crippen molar-refractivity contribution in [3.63, 3.8) is 0 Å². The van der Waals surface area contributed by atoms with Crippen molar-refractivity contribution in [2.24, 2.45) is 0 Å². The van der Waals surface area contributed by atoms with Crippen molar-refractivity contribution in [2.75, 3.05) is 26.7 Å². The van der Waals surface area contributed by atoms with Gasteiger partial charge in [-0.2, -0.15) is 4.31 Å². The number of nitrogens with zero attached hydrogens (tertiary/aromatic N) is 2. The van der Waals surface area contributed by atoms with E-state index in [0.717, 1.165) is 17.7 Å². The number of halogens is 1. The molecule has 0 saturated heterocycles. The normalized spacial score (nSPS) is 14.0. The van der Waals surface area contributed by atoms with Crippen molar-refractivity contribution in [1.82, 2.24) is 9.21 Å². The molecule has 0 N–H and O–H groups in total. The van der Waals surface area contributed by atoms with E-state index >= 15 is 0 Å². The molecule has 8 heteroatoms. The molecule has 3 rings (SSSR count). The fraction of sp³-hybridized carbons (Fsp3) is 0.381. The number of benzene rings is 2. The Morgan fingerprint density at radius 3 is 2.52 bits per heavy atom. The first kappa shape index (κ1) is 21.6. The highest BCUT2D eigenvalue weighted by atomic mass is 35.5. The number of carbonyl (C=O) groups excluding carboxylic acids is 1. The molecule has 0 fully saturated rings. The van der Waals surface area contributed by atoms with E-state index in [9.17, 15) is 13.2 Å². The van der Waals surface area contributed by atoms with Crippen LogP contribution in [0, 0.1) is 0 Å². The van der Waals surface area contributed by atoms with Gasteiger partial charge in [0.05, 0.1) is 22.6 Å². The van der Waals surface area contributed by atoms with Crippen LogP contribution in [0.5, 0.6) is 5.75 Å². The van der Waals surface area contributed by atoms with Gasteiger partial charge in [-0.3, -0.25) is 4.79 Å². The molecule has 1 heterocycles. The van der Waals surface area contributed by atoms with Crippen LogP contribution in [0.2, 0.25) is 5.02 Å². The first-order valence-electron chi connectivity index (χ1n) is 9.56. The summed E-state index contributed by atoms with van der Waals surface area (Å²) >= 11 is 6.28. The zero-order valence-corrected chi connectivity index (χ0v) is 18.4. The van der Waals surface area contributed by atoms with Gasteiger partial charge in [-0.15, -0.1) is 0 Å². The molecule has 0 radical (unpaired) electrons. The molecule has 1 aliphatic heterocycles. The summed E-state index contributed by atoms with van der Waals surface area (Å²) in [4.78, 5) is 14.9.